The first-order chi connectivity index (χ1) is 8.25. The molecule has 1 aromatic heterocycles. The second-order valence-corrected chi connectivity index (χ2v) is 4.19. The van der Waals surface area contributed by atoms with Gasteiger partial charge in [0.1, 0.15) is 0 Å². The molecule has 2 rings (SSSR count). The summed E-state index contributed by atoms with van der Waals surface area (Å²) in [6.07, 6.45) is 2.62. The molecule has 1 fully saturated rings. The Morgan fingerprint density at radius 1 is 1.65 bits per heavy atom. The summed E-state index contributed by atoms with van der Waals surface area (Å²) in [4.78, 5) is 17.6. The summed E-state index contributed by atoms with van der Waals surface area (Å²) in [6, 6.07) is 5.75. The molecule has 1 atom stereocenters. The molecule has 2 heterocycles. The van der Waals surface area contributed by atoms with Crippen LogP contribution in [0.25, 0.3) is 0 Å². The second-order valence-electron chi connectivity index (χ2n) is 4.19. The third kappa shape index (κ3) is 3.42. The van der Waals surface area contributed by atoms with Gasteiger partial charge in [0.15, 0.2) is 0 Å². The predicted octanol–water partition coefficient (Wildman–Crippen LogP) is 1.01. The van der Waals surface area contributed by atoms with Crippen LogP contribution in [0.2, 0.25) is 0 Å². The number of carbonyl (C=O) groups is 1. The molecule has 92 valence electrons. The van der Waals surface area contributed by atoms with Crippen molar-refractivity contribution in [3.05, 3.63) is 30.1 Å². The molecule has 0 aliphatic carbocycles. The van der Waals surface area contributed by atoms with Gasteiger partial charge in [-0.15, -0.1) is 0 Å². The highest BCUT2D eigenvalue weighted by atomic mass is 16.5. The molecule has 17 heavy (non-hydrogen) atoms. The van der Waals surface area contributed by atoms with E-state index in [0.29, 0.717) is 13.2 Å². The first kappa shape index (κ1) is 11.9. The maximum Gasteiger partial charge on any atom is 0.317 e. The highest BCUT2D eigenvalue weighted by Crippen LogP contribution is 2.05. The van der Waals surface area contributed by atoms with Crippen molar-refractivity contribution in [2.75, 3.05) is 20.3 Å². The van der Waals surface area contributed by atoms with Crippen molar-refractivity contribution in [1.82, 2.24) is 15.2 Å². The average molecular weight is 235 g/mol. The van der Waals surface area contributed by atoms with Crippen molar-refractivity contribution in [2.24, 2.45) is 0 Å². The fourth-order valence-electron chi connectivity index (χ4n) is 1.74. The summed E-state index contributed by atoms with van der Waals surface area (Å²) in [5, 5.41) is 2.93. The third-order valence-corrected chi connectivity index (χ3v) is 2.73. The topological polar surface area (TPSA) is 54.5 Å². The van der Waals surface area contributed by atoms with Crippen molar-refractivity contribution in [2.45, 2.75) is 19.0 Å². The van der Waals surface area contributed by atoms with Crippen molar-refractivity contribution in [3.63, 3.8) is 0 Å². The van der Waals surface area contributed by atoms with Crippen molar-refractivity contribution in [3.8, 4) is 0 Å². The Hall–Kier alpha value is -1.62. The van der Waals surface area contributed by atoms with Crippen LogP contribution in [-0.4, -0.2) is 42.2 Å². The van der Waals surface area contributed by atoms with Crippen molar-refractivity contribution in [1.29, 1.82) is 0 Å². The summed E-state index contributed by atoms with van der Waals surface area (Å²) in [5.41, 5.74) is 0.882. The first-order valence-electron chi connectivity index (χ1n) is 5.75. The number of hydrogen-bond acceptors (Lipinski definition) is 3. The quantitative estimate of drug-likeness (QED) is 0.850. The Morgan fingerprint density at radius 3 is 3.18 bits per heavy atom. The third-order valence-electron chi connectivity index (χ3n) is 2.73. The van der Waals surface area contributed by atoms with Gasteiger partial charge in [0.25, 0.3) is 0 Å². The molecular weight excluding hydrogens is 218 g/mol. The number of hydrogen-bond donors (Lipinski definition) is 1. The minimum absolute atomic E-state index is 0.0776. The molecule has 1 saturated heterocycles. The molecule has 0 aromatic carbocycles. The number of nitrogens with one attached hydrogen (secondary N) is 1. The first-order valence-corrected chi connectivity index (χ1v) is 5.75. The number of aromatic nitrogens is 1. The zero-order valence-corrected chi connectivity index (χ0v) is 9.93. The molecule has 1 aromatic rings. The van der Waals surface area contributed by atoms with Gasteiger partial charge in [-0.2, -0.15) is 0 Å². The number of carbonyl (C=O) groups excluding carboxylic acids is 1. The van der Waals surface area contributed by atoms with Crippen LogP contribution in [0.3, 0.4) is 0 Å². The van der Waals surface area contributed by atoms with Crippen LogP contribution in [0.15, 0.2) is 24.4 Å². The Bertz CT molecular complexity index is 363. The Labute approximate surface area is 101 Å². The van der Waals surface area contributed by atoms with Gasteiger partial charge in [-0.25, -0.2) is 4.79 Å². The monoisotopic (exact) mass is 235 g/mol. The zero-order valence-electron chi connectivity index (χ0n) is 9.93. The number of nitrogens with zero attached hydrogens (tertiary/aromatic N) is 2. The molecule has 0 saturated carbocycles. The molecule has 1 unspecified atom stereocenters. The van der Waals surface area contributed by atoms with Crippen LogP contribution < -0.4 is 5.32 Å². The van der Waals surface area contributed by atoms with Crippen molar-refractivity contribution >= 4 is 6.03 Å². The highest BCUT2D eigenvalue weighted by Gasteiger charge is 2.19. The van der Waals surface area contributed by atoms with E-state index in [1.165, 1.54) is 0 Å². The molecule has 0 radical (unpaired) electrons. The summed E-state index contributed by atoms with van der Waals surface area (Å²) < 4.78 is 5.21. The van der Waals surface area contributed by atoms with Gasteiger partial charge in [-0.3, -0.25) is 4.98 Å². The predicted molar refractivity (Wildman–Crippen MR) is 63.5 cm³/mol. The summed E-state index contributed by atoms with van der Waals surface area (Å²) >= 11 is 0. The Morgan fingerprint density at radius 2 is 2.53 bits per heavy atom. The van der Waals surface area contributed by atoms with E-state index in [0.717, 1.165) is 18.7 Å². The number of ether oxygens (including phenoxy) is 1. The largest absolute Gasteiger partial charge is 0.379 e. The molecule has 1 N–H and O–H groups in total. The van der Waals surface area contributed by atoms with E-state index in [1.54, 1.807) is 18.1 Å². The van der Waals surface area contributed by atoms with Gasteiger partial charge in [0.2, 0.25) is 0 Å². The van der Waals surface area contributed by atoms with Crippen LogP contribution in [0.1, 0.15) is 12.1 Å². The fraction of sp³-hybridized carbons (Fsp3) is 0.500. The smallest absolute Gasteiger partial charge is 0.317 e. The van der Waals surface area contributed by atoms with E-state index < -0.39 is 0 Å². The van der Waals surface area contributed by atoms with Crippen LogP contribution in [0.5, 0.6) is 0 Å². The van der Waals surface area contributed by atoms with Gasteiger partial charge < -0.3 is 15.0 Å². The SMILES string of the molecule is CN(Cc1ccccn1)C(=O)NC1CCOC1. The van der Waals surface area contributed by atoms with Gasteiger partial charge >= 0.3 is 6.03 Å². The van der Waals surface area contributed by atoms with E-state index in [-0.39, 0.29) is 12.1 Å². The molecule has 2 amide bonds. The zero-order chi connectivity index (χ0) is 12.1. The highest BCUT2D eigenvalue weighted by molar-refractivity contribution is 5.74. The summed E-state index contributed by atoms with van der Waals surface area (Å²) in [7, 11) is 1.76. The van der Waals surface area contributed by atoms with E-state index in [2.05, 4.69) is 10.3 Å². The minimum Gasteiger partial charge on any atom is -0.379 e. The standard InChI is InChI=1S/C12H17N3O2/c1-15(8-10-4-2-3-6-13-10)12(16)14-11-5-7-17-9-11/h2-4,6,11H,5,7-9H2,1H3,(H,14,16). The van der Waals surface area contributed by atoms with Gasteiger partial charge in [-0.1, -0.05) is 6.07 Å². The lowest BCUT2D eigenvalue weighted by Crippen LogP contribution is -2.43. The molecular formula is C12H17N3O2. The van der Waals surface area contributed by atoms with Gasteiger partial charge in [-0.05, 0) is 18.6 Å². The second kappa shape index (κ2) is 5.63. The minimum atomic E-state index is -0.0776. The van der Waals surface area contributed by atoms with Crippen LogP contribution >= 0.6 is 0 Å². The van der Waals surface area contributed by atoms with Crippen LogP contribution in [0, 0.1) is 0 Å². The lowest BCUT2D eigenvalue weighted by atomic mass is 10.3. The Kier molecular flexibility index (Phi) is 3.93. The van der Waals surface area contributed by atoms with E-state index in [1.807, 2.05) is 18.2 Å². The van der Waals surface area contributed by atoms with E-state index in [9.17, 15) is 4.79 Å². The summed E-state index contributed by atoms with van der Waals surface area (Å²) in [6.45, 7) is 1.86. The normalized spacial score (nSPS) is 19.0. The van der Waals surface area contributed by atoms with Crippen molar-refractivity contribution < 1.29 is 9.53 Å². The molecule has 0 spiro atoms. The number of pyridine rings is 1. The van der Waals surface area contributed by atoms with Gasteiger partial charge in [0.05, 0.1) is 24.9 Å². The number of rotatable bonds is 3. The molecule has 5 heteroatoms. The lowest BCUT2D eigenvalue weighted by molar-refractivity contribution is 0.181. The van der Waals surface area contributed by atoms with Crippen LogP contribution in [-0.2, 0) is 11.3 Å². The van der Waals surface area contributed by atoms with E-state index >= 15 is 0 Å². The molecule has 0 bridgehead atoms. The van der Waals surface area contributed by atoms with E-state index in [4.69, 9.17) is 4.74 Å². The molecule has 1 aliphatic rings. The van der Waals surface area contributed by atoms with Crippen LogP contribution in [0.4, 0.5) is 4.79 Å². The van der Waals surface area contributed by atoms with Gasteiger partial charge in [0, 0.05) is 19.9 Å². The lowest BCUT2D eigenvalue weighted by Gasteiger charge is -2.19. The summed E-state index contributed by atoms with van der Waals surface area (Å²) in [5.74, 6) is 0. The maximum atomic E-state index is 11.8. The maximum absolute atomic E-state index is 11.8. The Balaban J connectivity index is 1.82. The molecule has 5 nitrogen and oxygen atoms in total. The average Bonchev–Trinajstić information content (AvgIpc) is 2.83. The molecule has 1 aliphatic heterocycles. The number of amides is 2. The fourth-order valence-corrected chi connectivity index (χ4v) is 1.74. The number of urea groups is 1.